The molecule has 2 N–H and O–H groups in total. The Morgan fingerprint density at radius 1 is 1.30 bits per heavy atom. The van der Waals surface area contributed by atoms with E-state index in [0.717, 1.165) is 17.9 Å². The first-order valence-electron chi connectivity index (χ1n) is 7.67. The zero-order valence-corrected chi connectivity index (χ0v) is 14.3. The first-order chi connectivity index (χ1) is 10.8. The van der Waals surface area contributed by atoms with Crippen molar-refractivity contribution in [3.8, 4) is 0 Å². The lowest BCUT2D eigenvalue weighted by Gasteiger charge is -2.16. The molecule has 0 fully saturated rings. The SMILES string of the molecule is CCNc1ncc(C(=O)N(C)Cc2cc(C(C)(C)C)n[nH]2)cn1. The number of hydrogen-bond acceptors (Lipinski definition) is 5. The fourth-order valence-electron chi connectivity index (χ4n) is 2.06. The van der Waals surface area contributed by atoms with Crippen LogP contribution in [-0.4, -0.2) is 44.6 Å². The van der Waals surface area contributed by atoms with Gasteiger partial charge in [0.15, 0.2) is 0 Å². The van der Waals surface area contributed by atoms with Gasteiger partial charge in [-0.05, 0) is 13.0 Å². The maximum Gasteiger partial charge on any atom is 0.257 e. The predicted octanol–water partition coefficient (Wildman–Crippen LogP) is 2.20. The number of aromatic amines is 1. The molecule has 2 aromatic rings. The van der Waals surface area contributed by atoms with Crippen LogP contribution in [-0.2, 0) is 12.0 Å². The number of carbonyl (C=O) groups excluding carboxylic acids is 1. The van der Waals surface area contributed by atoms with E-state index in [1.807, 2.05) is 13.0 Å². The third-order valence-corrected chi connectivity index (χ3v) is 3.39. The Hall–Kier alpha value is -2.44. The van der Waals surface area contributed by atoms with Gasteiger partial charge in [0.2, 0.25) is 5.95 Å². The maximum atomic E-state index is 12.4. The summed E-state index contributed by atoms with van der Waals surface area (Å²) in [5, 5.41) is 10.3. The molecule has 0 aliphatic heterocycles. The van der Waals surface area contributed by atoms with Crippen LogP contribution in [0, 0.1) is 0 Å². The second kappa shape index (κ2) is 6.76. The summed E-state index contributed by atoms with van der Waals surface area (Å²) >= 11 is 0. The monoisotopic (exact) mass is 316 g/mol. The lowest BCUT2D eigenvalue weighted by atomic mass is 9.92. The molecule has 0 spiro atoms. The maximum absolute atomic E-state index is 12.4. The molecule has 2 rings (SSSR count). The molecule has 2 heterocycles. The molecule has 0 bridgehead atoms. The van der Waals surface area contributed by atoms with Crippen LogP contribution in [0.4, 0.5) is 5.95 Å². The Kier molecular flexibility index (Phi) is 4.98. The molecule has 2 aromatic heterocycles. The highest BCUT2D eigenvalue weighted by atomic mass is 16.2. The standard InChI is InChI=1S/C16H24N6O/c1-6-17-15-18-8-11(9-19-15)14(23)22(5)10-12-7-13(21-20-12)16(2,3)4/h7-9H,6,10H2,1-5H3,(H,20,21)(H,17,18,19). The molecule has 7 nitrogen and oxygen atoms in total. The number of hydrogen-bond donors (Lipinski definition) is 2. The van der Waals surface area contributed by atoms with Crippen molar-refractivity contribution in [2.45, 2.75) is 39.7 Å². The van der Waals surface area contributed by atoms with Crippen LogP contribution in [0.15, 0.2) is 18.5 Å². The smallest absolute Gasteiger partial charge is 0.257 e. The number of aromatic nitrogens is 4. The van der Waals surface area contributed by atoms with Crippen LogP contribution < -0.4 is 5.32 Å². The molecule has 1 amide bonds. The van der Waals surface area contributed by atoms with Crippen molar-refractivity contribution in [3.63, 3.8) is 0 Å². The van der Waals surface area contributed by atoms with Crippen LogP contribution in [0.2, 0.25) is 0 Å². The molecule has 0 aromatic carbocycles. The summed E-state index contributed by atoms with van der Waals surface area (Å²) < 4.78 is 0. The first kappa shape index (κ1) is 16.9. The molecule has 7 heteroatoms. The Morgan fingerprint density at radius 2 is 1.96 bits per heavy atom. The van der Waals surface area contributed by atoms with Crippen LogP contribution in [0.1, 0.15) is 49.4 Å². The van der Waals surface area contributed by atoms with Crippen molar-refractivity contribution in [1.29, 1.82) is 0 Å². The Balaban J connectivity index is 2.03. The van der Waals surface area contributed by atoms with E-state index >= 15 is 0 Å². The van der Waals surface area contributed by atoms with Gasteiger partial charge in [-0.3, -0.25) is 9.89 Å². The third kappa shape index (κ3) is 4.28. The number of H-pyrrole nitrogens is 1. The Labute approximate surface area is 136 Å². The number of amides is 1. The van der Waals surface area contributed by atoms with Crippen molar-refractivity contribution >= 4 is 11.9 Å². The molecule has 0 aliphatic rings. The van der Waals surface area contributed by atoms with Crippen molar-refractivity contribution in [2.75, 3.05) is 18.9 Å². The van der Waals surface area contributed by atoms with Gasteiger partial charge >= 0.3 is 0 Å². The average molecular weight is 316 g/mol. The Bertz CT molecular complexity index is 656. The molecular weight excluding hydrogens is 292 g/mol. The van der Waals surface area contributed by atoms with E-state index in [2.05, 4.69) is 46.3 Å². The topological polar surface area (TPSA) is 86.8 Å². The minimum Gasteiger partial charge on any atom is -0.355 e. The van der Waals surface area contributed by atoms with Gasteiger partial charge in [-0.1, -0.05) is 20.8 Å². The number of anilines is 1. The van der Waals surface area contributed by atoms with Gasteiger partial charge in [0.25, 0.3) is 5.91 Å². The average Bonchev–Trinajstić information content (AvgIpc) is 2.96. The van der Waals surface area contributed by atoms with Gasteiger partial charge < -0.3 is 10.2 Å². The highest BCUT2D eigenvalue weighted by Gasteiger charge is 2.19. The molecule has 0 radical (unpaired) electrons. The zero-order valence-electron chi connectivity index (χ0n) is 14.3. The number of carbonyl (C=O) groups is 1. The van der Waals surface area contributed by atoms with Gasteiger partial charge in [0.05, 0.1) is 23.5 Å². The summed E-state index contributed by atoms with van der Waals surface area (Å²) in [7, 11) is 1.75. The molecular formula is C16H24N6O. The van der Waals surface area contributed by atoms with Crippen molar-refractivity contribution in [2.24, 2.45) is 0 Å². The molecule has 0 unspecified atom stereocenters. The van der Waals surface area contributed by atoms with Crippen LogP contribution >= 0.6 is 0 Å². The summed E-state index contributed by atoms with van der Waals surface area (Å²) in [4.78, 5) is 22.3. The van der Waals surface area contributed by atoms with E-state index in [-0.39, 0.29) is 11.3 Å². The van der Waals surface area contributed by atoms with Crippen LogP contribution in [0.5, 0.6) is 0 Å². The lowest BCUT2D eigenvalue weighted by molar-refractivity contribution is 0.0782. The zero-order chi connectivity index (χ0) is 17.0. The van der Waals surface area contributed by atoms with Crippen molar-refractivity contribution in [1.82, 2.24) is 25.1 Å². The van der Waals surface area contributed by atoms with Gasteiger partial charge in [0.1, 0.15) is 0 Å². The lowest BCUT2D eigenvalue weighted by Crippen LogP contribution is -2.26. The largest absolute Gasteiger partial charge is 0.355 e. The van der Waals surface area contributed by atoms with E-state index in [0.29, 0.717) is 18.1 Å². The normalized spacial score (nSPS) is 11.3. The summed E-state index contributed by atoms with van der Waals surface area (Å²) in [6.07, 6.45) is 3.08. The summed E-state index contributed by atoms with van der Waals surface area (Å²) in [6, 6.07) is 1.99. The predicted molar refractivity (Wildman–Crippen MR) is 89.3 cm³/mol. The molecule has 0 atom stereocenters. The highest BCUT2D eigenvalue weighted by molar-refractivity contribution is 5.93. The first-order valence-corrected chi connectivity index (χ1v) is 7.67. The highest BCUT2D eigenvalue weighted by Crippen LogP contribution is 2.20. The number of nitrogens with zero attached hydrogens (tertiary/aromatic N) is 4. The van der Waals surface area contributed by atoms with Crippen molar-refractivity contribution < 1.29 is 4.79 Å². The van der Waals surface area contributed by atoms with E-state index in [4.69, 9.17) is 0 Å². The van der Waals surface area contributed by atoms with E-state index in [9.17, 15) is 4.79 Å². The fourth-order valence-corrected chi connectivity index (χ4v) is 2.06. The van der Waals surface area contributed by atoms with Crippen LogP contribution in [0.25, 0.3) is 0 Å². The summed E-state index contributed by atoms with van der Waals surface area (Å²) in [6.45, 7) is 9.47. The second-order valence-electron chi connectivity index (χ2n) is 6.52. The van der Waals surface area contributed by atoms with E-state index < -0.39 is 0 Å². The van der Waals surface area contributed by atoms with Gasteiger partial charge in [-0.25, -0.2) is 9.97 Å². The van der Waals surface area contributed by atoms with Crippen LogP contribution in [0.3, 0.4) is 0 Å². The quantitative estimate of drug-likeness (QED) is 0.883. The fraction of sp³-hybridized carbons (Fsp3) is 0.500. The van der Waals surface area contributed by atoms with Crippen molar-refractivity contribution in [3.05, 3.63) is 35.4 Å². The van der Waals surface area contributed by atoms with E-state index in [1.54, 1.807) is 11.9 Å². The van der Waals surface area contributed by atoms with Gasteiger partial charge in [-0.15, -0.1) is 0 Å². The Morgan fingerprint density at radius 3 is 2.48 bits per heavy atom. The molecule has 0 aliphatic carbocycles. The molecule has 124 valence electrons. The minimum absolute atomic E-state index is 0.0206. The molecule has 23 heavy (non-hydrogen) atoms. The third-order valence-electron chi connectivity index (χ3n) is 3.39. The minimum atomic E-state index is -0.125. The second-order valence-corrected chi connectivity index (χ2v) is 6.52. The number of rotatable bonds is 5. The summed E-state index contributed by atoms with van der Waals surface area (Å²) in [5.74, 6) is 0.398. The molecule has 0 saturated carbocycles. The van der Waals surface area contributed by atoms with Gasteiger partial charge in [-0.2, -0.15) is 5.10 Å². The van der Waals surface area contributed by atoms with E-state index in [1.165, 1.54) is 12.4 Å². The molecule has 0 saturated heterocycles. The summed E-state index contributed by atoms with van der Waals surface area (Å²) in [5.41, 5.74) is 2.32. The van der Waals surface area contributed by atoms with Gasteiger partial charge in [0, 0.05) is 31.4 Å². The number of nitrogens with one attached hydrogen (secondary N) is 2.